The number of benzene rings is 1. The summed E-state index contributed by atoms with van der Waals surface area (Å²) in [6.07, 6.45) is 7.88. The third-order valence-corrected chi connectivity index (χ3v) is 6.18. The van der Waals surface area contributed by atoms with Crippen molar-refractivity contribution in [3.05, 3.63) is 29.8 Å². The van der Waals surface area contributed by atoms with Gasteiger partial charge in [0.15, 0.2) is 13.2 Å². The van der Waals surface area contributed by atoms with Crippen molar-refractivity contribution in [1.29, 1.82) is 0 Å². The predicted molar refractivity (Wildman–Crippen MR) is 97.3 cm³/mol. The zero-order valence-electron chi connectivity index (χ0n) is 15.3. The van der Waals surface area contributed by atoms with E-state index in [0.717, 1.165) is 43.3 Å². The van der Waals surface area contributed by atoms with Crippen molar-refractivity contribution >= 4 is 18.2 Å². The van der Waals surface area contributed by atoms with Gasteiger partial charge in [0.2, 0.25) is 0 Å². The van der Waals surface area contributed by atoms with E-state index in [9.17, 15) is 14.4 Å². The Labute approximate surface area is 158 Å². The molecule has 0 spiro atoms. The number of ether oxygens (including phenoxy) is 2. The lowest BCUT2D eigenvalue weighted by Gasteiger charge is -2.56. The van der Waals surface area contributed by atoms with Crippen LogP contribution in [-0.2, 0) is 14.3 Å². The molecule has 1 aromatic carbocycles. The number of rotatable bonds is 7. The van der Waals surface area contributed by atoms with Crippen LogP contribution in [-0.4, -0.2) is 36.9 Å². The molecule has 6 heteroatoms. The van der Waals surface area contributed by atoms with Gasteiger partial charge in [0.25, 0.3) is 5.91 Å². The summed E-state index contributed by atoms with van der Waals surface area (Å²) < 4.78 is 10.4. The van der Waals surface area contributed by atoms with Gasteiger partial charge in [0, 0.05) is 11.1 Å². The molecule has 0 unspecified atom stereocenters. The Kier molecular flexibility index (Phi) is 4.89. The van der Waals surface area contributed by atoms with Crippen LogP contribution in [0.5, 0.6) is 5.75 Å². The quantitative estimate of drug-likeness (QED) is 0.588. The normalized spacial score (nSPS) is 30.6. The number of carbonyl (C=O) groups excluding carboxylic acids is 3. The van der Waals surface area contributed by atoms with E-state index in [4.69, 9.17) is 9.47 Å². The molecular weight excluding hydrogens is 346 g/mol. The van der Waals surface area contributed by atoms with Crippen LogP contribution in [0.4, 0.5) is 0 Å². The Morgan fingerprint density at radius 1 is 1.00 bits per heavy atom. The Morgan fingerprint density at radius 2 is 1.59 bits per heavy atom. The molecule has 0 aliphatic heterocycles. The maximum absolute atomic E-state index is 12.3. The molecule has 0 radical (unpaired) electrons. The summed E-state index contributed by atoms with van der Waals surface area (Å²) in [5.74, 6) is 1.90. The summed E-state index contributed by atoms with van der Waals surface area (Å²) in [4.78, 5) is 34.7. The van der Waals surface area contributed by atoms with Crippen molar-refractivity contribution in [2.75, 3.05) is 13.2 Å². The Bertz CT molecular complexity index is 691. The molecular formula is C21H25NO5. The van der Waals surface area contributed by atoms with Crippen molar-refractivity contribution < 1.29 is 23.9 Å². The molecule has 4 aliphatic carbocycles. The molecule has 0 saturated heterocycles. The highest BCUT2D eigenvalue weighted by Crippen LogP contribution is 2.55. The topological polar surface area (TPSA) is 81.7 Å². The largest absolute Gasteiger partial charge is 0.482 e. The molecule has 4 saturated carbocycles. The van der Waals surface area contributed by atoms with Crippen LogP contribution >= 0.6 is 0 Å². The second-order valence-corrected chi connectivity index (χ2v) is 8.38. The predicted octanol–water partition coefficient (Wildman–Crippen LogP) is 2.51. The lowest BCUT2D eigenvalue weighted by molar-refractivity contribution is -0.151. The molecule has 0 atom stereocenters. The summed E-state index contributed by atoms with van der Waals surface area (Å²) in [5, 5.41) is 3.18. The van der Waals surface area contributed by atoms with Crippen LogP contribution in [0.1, 0.15) is 48.9 Å². The van der Waals surface area contributed by atoms with E-state index in [0.29, 0.717) is 11.3 Å². The van der Waals surface area contributed by atoms with Gasteiger partial charge in [-0.15, -0.1) is 0 Å². The van der Waals surface area contributed by atoms with Crippen molar-refractivity contribution in [1.82, 2.24) is 5.32 Å². The number of nitrogens with one attached hydrogen (secondary N) is 1. The third-order valence-electron chi connectivity index (χ3n) is 6.18. The van der Waals surface area contributed by atoms with E-state index in [-0.39, 0.29) is 24.7 Å². The first-order valence-electron chi connectivity index (χ1n) is 9.68. The van der Waals surface area contributed by atoms with Gasteiger partial charge < -0.3 is 14.8 Å². The summed E-state index contributed by atoms with van der Waals surface area (Å²) in [6.45, 7) is -0.543. The number of aldehydes is 1. The van der Waals surface area contributed by atoms with Crippen LogP contribution in [0.3, 0.4) is 0 Å². The first-order chi connectivity index (χ1) is 13.0. The van der Waals surface area contributed by atoms with E-state index in [1.165, 1.54) is 19.3 Å². The molecule has 144 valence electrons. The van der Waals surface area contributed by atoms with Gasteiger partial charge in [-0.2, -0.15) is 0 Å². The van der Waals surface area contributed by atoms with Gasteiger partial charge in [-0.05, 0) is 80.5 Å². The van der Waals surface area contributed by atoms with Gasteiger partial charge in [-0.1, -0.05) is 0 Å². The van der Waals surface area contributed by atoms with Gasteiger partial charge >= 0.3 is 5.97 Å². The molecule has 4 aliphatic rings. The maximum Gasteiger partial charge on any atom is 0.344 e. The second-order valence-electron chi connectivity index (χ2n) is 8.38. The highest BCUT2D eigenvalue weighted by molar-refractivity contribution is 5.81. The minimum Gasteiger partial charge on any atom is -0.482 e. The van der Waals surface area contributed by atoms with Crippen LogP contribution < -0.4 is 10.1 Å². The number of amides is 1. The number of hydrogen-bond acceptors (Lipinski definition) is 5. The molecule has 27 heavy (non-hydrogen) atoms. The summed E-state index contributed by atoms with van der Waals surface area (Å²) >= 11 is 0. The van der Waals surface area contributed by atoms with Crippen molar-refractivity contribution in [3.63, 3.8) is 0 Å². The van der Waals surface area contributed by atoms with Crippen molar-refractivity contribution in [3.8, 4) is 5.75 Å². The summed E-state index contributed by atoms with van der Waals surface area (Å²) in [5.41, 5.74) is 0.459. The van der Waals surface area contributed by atoms with Gasteiger partial charge in [-0.3, -0.25) is 9.59 Å². The van der Waals surface area contributed by atoms with E-state index in [1.807, 2.05) is 0 Å². The van der Waals surface area contributed by atoms with Crippen LogP contribution in [0, 0.1) is 17.8 Å². The second kappa shape index (κ2) is 7.33. The fourth-order valence-corrected chi connectivity index (χ4v) is 5.57. The van der Waals surface area contributed by atoms with Gasteiger partial charge in [-0.25, -0.2) is 4.79 Å². The van der Waals surface area contributed by atoms with Crippen LogP contribution in [0.15, 0.2) is 24.3 Å². The van der Waals surface area contributed by atoms with Crippen LogP contribution in [0.2, 0.25) is 0 Å². The molecule has 6 nitrogen and oxygen atoms in total. The van der Waals surface area contributed by atoms with Gasteiger partial charge in [0.1, 0.15) is 12.0 Å². The Morgan fingerprint density at radius 3 is 2.15 bits per heavy atom. The average molecular weight is 371 g/mol. The highest BCUT2D eigenvalue weighted by Gasteiger charge is 2.51. The van der Waals surface area contributed by atoms with E-state index < -0.39 is 5.97 Å². The van der Waals surface area contributed by atoms with Crippen LogP contribution in [0.25, 0.3) is 0 Å². The first-order valence-corrected chi connectivity index (χ1v) is 9.68. The van der Waals surface area contributed by atoms with E-state index in [1.54, 1.807) is 24.3 Å². The fourth-order valence-electron chi connectivity index (χ4n) is 5.57. The standard InChI is InChI=1S/C21H25NO5/c23-11-14-1-3-18(4-2-14)26-13-20(25)27-12-19(24)22-21-8-15-5-16(9-21)7-17(6-15)10-21/h1-4,11,15-17H,5-10,12-13H2,(H,22,24). The minimum absolute atomic E-state index is 0.0743. The maximum atomic E-state index is 12.3. The average Bonchev–Trinajstić information content (AvgIpc) is 2.63. The molecule has 1 amide bonds. The Hall–Kier alpha value is -2.37. The molecule has 4 fully saturated rings. The molecule has 1 aromatic rings. The number of esters is 1. The summed E-state index contributed by atoms with van der Waals surface area (Å²) in [6, 6.07) is 6.42. The van der Waals surface area contributed by atoms with Gasteiger partial charge in [0.05, 0.1) is 0 Å². The molecule has 1 N–H and O–H groups in total. The molecule has 0 heterocycles. The number of carbonyl (C=O) groups is 3. The number of hydrogen-bond donors (Lipinski definition) is 1. The molecule has 5 rings (SSSR count). The zero-order valence-corrected chi connectivity index (χ0v) is 15.3. The minimum atomic E-state index is -0.588. The van der Waals surface area contributed by atoms with Crippen molar-refractivity contribution in [2.24, 2.45) is 17.8 Å². The SMILES string of the molecule is O=Cc1ccc(OCC(=O)OCC(=O)NC23CC4CC(CC(C4)C2)C3)cc1. The first kappa shape index (κ1) is 18.0. The lowest BCUT2D eigenvalue weighted by atomic mass is 9.53. The summed E-state index contributed by atoms with van der Waals surface area (Å²) in [7, 11) is 0. The van der Waals surface area contributed by atoms with Crippen molar-refractivity contribution in [2.45, 2.75) is 44.1 Å². The molecule has 4 bridgehead atoms. The monoisotopic (exact) mass is 371 g/mol. The van der Waals surface area contributed by atoms with E-state index in [2.05, 4.69) is 5.32 Å². The van der Waals surface area contributed by atoms with E-state index >= 15 is 0 Å². The smallest absolute Gasteiger partial charge is 0.344 e. The zero-order chi connectivity index (χ0) is 18.9. The molecule has 0 aromatic heterocycles. The third kappa shape index (κ3) is 4.15. The highest BCUT2D eigenvalue weighted by atomic mass is 16.6. The Balaban J connectivity index is 1.21. The fraction of sp³-hybridized carbons (Fsp3) is 0.571. The lowest BCUT2D eigenvalue weighted by Crippen LogP contribution is -2.60.